The molecule has 1 aliphatic rings. The Hall–Kier alpha value is -0.790. The summed E-state index contributed by atoms with van der Waals surface area (Å²) in [5.74, 6) is 0. The first-order chi connectivity index (χ1) is 6.36. The van der Waals surface area contributed by atoms with Crippen LogP contribution in [0.15, 0.2) is 17.8 Å². The van der Waals surface area contributed by atoms with E-state index in [1.54, 1.807) is 0 Å². The average Bonchev–Trinajstić information content (AvgIpc) is 2.60. The molecular formula is C11H19NO. The Morgan fingerprint density at radius 3 is 3.08 bits per heavy atom. The fourth-order valence-electron chi connectivity index (χ4n) is 1.51. The molecule has 1 aliphatic heterocycles. The number of unbranched alkanes of at least 4 members (excludes halogenated alkanes) is 2. The molecule has 2 nitrogen and oxygen atoms in total. The molecule has 0 aromatic carbocycles. The highest BCUT2D eigenvalue weighted by atomic mass is 16.6. The van der Waals surface area contributed by atoms with Crippen molar-refractivity contribution in [3.8, 4) is 0 Å². The number of nitrogens with zero attached hydrogens (tertiary/aromatic N) is 1. The quantitative estimate of drug-likeness (QED) is 0.455. The Labute approximate surface area is 80.7 Å². The lowest BCUT2D eigenvalue weighted by atomic mass is 10.1. The first-order valence-electron chi connectivity index (χ1n) is 5.19. The van der Waals surface area contributed by atoms with Gasteiger partial charge in [0, 0.05) is 6.42 Å². The molecule has 0 aliphatic carbocycles. The maximum atomic E-state index is 5.30. The molecule has 1 rings (SSSR count). The van der Waals surface area contributed by atoms with E-state index in [9.17, 15) is 0 Å². The van der Waals surface area contributed by atoms with E-state index >= 15 is 0 Å². The second kappa shape index (κ2) is 5.79. The van der Waals surface area contributed by atoms with E-state index in [0.717, 1.165) is 25.7 Å². The van der Waals surface area contributed by atoms with E-state index in [1.165, 1.54) is 18.6 Å². The van der Waals surface area contributed by atoms with Crippen LogP contribution in [0.3, 0.4) is 0 Å². The van der Waals surface area contributed by atoms with Crippen LogP contribution in [-0.2, 0) is 4.84 Å². The summed E-state index contributed by atoms with van der Waals surface area (Å²) in [5, 5.41) is 4.03. The van der Waals surface area contributed by atoms with Gasteiger partial charge < -0.3 is 4.84 Å². The summed E-state index contributed by atoms with van der Waals surface area (Å²) in [6.45, 7) is 5.83. The first kappa shape index (κ1) is 10.3. The number of hydrogen-bond acceptors (Lipinski definition) is 2. The van der Waals surface area contributed by atoms with Gasteiger partial charge in [-0.2, -0.15) is 0 Å². The molecule has 0 aromatic heterocycles. The number of allylic oxidation sites excluding steroid dienone is 1. The lowest BCUT2D eigenvalue weighted by Gasteiger charge is -2.06. The molecule has 13 heavy (non-hydrogen) atoms. The molecule has 1 atom stereocenters. The van der Waals surface area contributed by atoms with Crippen molar-refractivity contribution in [3.05, 3.63) is 12.7 Å². The molecule has 0 saturated carbocycles. The number of hydrogen-bond donors (Lipinski definition) is 0. The molecule has 2 heteroatoms. The zero-order valence-electron chi connectivity index (χ0n) is 8.46. The Bertz CT molecular complexity index is 187. The maximum Gasteiger partial charge on any atom is 0.132 e. The molecule has 0 saturated heterocycles. The van der Waals surface area contributed by atoms with Crippen molar-refractivity contribution < 1.29 is 4.84 Å². The SMILES string of the molecule is C=CCCCCC1CC(CC)=NO1. The summed E-state index contributed by atoms with van der Waals surface area (Å²) >= 11 is 0. The summed E-state index contributed by atoms with van der Waals surface area (Å²) in [6, 6.07) is 0. The van der Waals surface area contributed by atoms with Crippen molar-refractivity contribution in [2.45, 2.75) is 51.6 Å². The molecule has 0 spiro atoms. The zero-order chi connectivity index (χ0) is 9.52. The van der Waals surface area contributed by atoms with Crippen molar-refractivity contribution in [1.82, 2.24) is 0 Å². The second-order valence-electron chi connectivity index (χ2n) is 3.52. The monoisotopic (exact) mass is 181 g/mol. The minimum absolute atomic E-state index is 0.361. The fourth-order valence-corrected chi connectivity index (χ4v) is 1.51. The summed E-state index contributed by atoms with van der Waals surface area (Å²) in [4.78, 5) is 5.30. The van der Waals surface area contributed by atoms with Crippen molar-refractivity contribution in [3.63, 3.8) is 0 Å². The standard InChI is InChI=1S/C11H19NO/c1-3-5-6-7-8-11-9-10(4-2)12-13-11/h3,11H,1,4-9H2,2H3. The normalized spacial score (nSPS) is 21.0. The smallest absolute Gasteiger partial charge is 0.132 e. The molecule has 74 valence electrons. The van der Waals surface area contributed by atoms with Crippen LogP contribution in [0.1, 0.15) is 45.4 Å². The molecule has 1 heterocycles. The fraction of sp³-hybridized carbons (Fsp3) is 0.727. The number of oxime groups is 1. The highest BCUT2D eigenvalue weighted by Gasteiger charge is 2.18. The third kappa shape index (κ3) is 3.62. The molecule has 0 amide bonds. The molecule has 0 bridgehead atoms. The predicted molar refractivity (Wildman–Crippen MR) is 55.9 cm³/mol. The molecule has 0 aromatic rings. The minimum atomic E-state index is 0.361. The molecule has 1 unspecified atom stereocenters. The maximum absolute atomic E-state index is 5.30. The summed E-state index contributed by atoms with van der Waals surface area (Å²) in [5.41, 5.74) is 1.22. The molecule has 0 fully saturated rings. The van der Waals surface area contributed by atoms with Gasteiger partial charge in [-0.25, -0.2) is 0 Å². The Morgan fingerprint density at radius 1 is 1.62 bits per heavy atom. The van der Waals surface area contributed by atoms with E-state index < -0.39 is 0 Å². The van der Waals surface area contributed by atoms with Gasteiger partial charge in [-0.1, -0.05) is 18.2 Å². The Balaban J connectivity index is 2.02. The van der Waals surface area contributed by atoms with Crippen molar-refractivity contribution in [2.24, 2.45) is 5.16 Å². The third-order valence-electron chi connectivity index (χ3n) is 2.39. The zero-order valence-corrected chi connectivity index (χ0v) is 8.46. The number of rotatable bonds is 6. The molecule has 0 N–H and O–H groups in total. The van der Waals surface area contributed by atoms with Gasteiger partial charge in [0.1, 0.15) is 6.10 Å². The predicted octanol–water partition coefficient (Wildman–Crippen LogP) is 3.29. The van der Waals surface area contributed by atoms with Gasteiger partial charge in [-0.05, 0) is 32.1 Å². The van der Waals surface area contributed by atoms with Crippen LogP contribution in [0.4, 0.5) is 0 Å². The lowest BCUT2D eigenvalue weighted by Crippen LogP contribution is -2.06. The second-order valence-corrected chi connectivity index (χ2v) is 3.52. The van der Waals surface area contributed by atoms with Crippen LogP contribution in [0.5, 0.6) is 0 Å². The largest absolute Gasteiger partial charge is 0.392 e. The van der Waals surface area contributed by atoms with Gasteiger partial charge in [0.05, 0.1) is 5.71 Å². The highest BCUT2D eigenvalue weighted by molar-refractivity contribution is 5.85. The Kier molecular flexibility index (Phi) is 4.58. The summed E-state index contributed by atoms with van der Waals surface area (Å²) < 4.78 is 0. The van der Waals surface area contributed by atoms with Crippen molar-refractivity contribution >= 4 is 5.71 Å². The topological polar surface area (TPSA) is 21.6 Å². The van der Waals surface area contributed by atoms with Gasteiger partial charge in [-0.15, -0.1) is 6.58 Å². The van der Waals surface area contributed by atoms with Crippen LogP contribution >= 0.6 is 0 Å². The van der Waals surface area contributed by atoms with Gasteiger partial charge >= 0.3 is 0 Å². The first-order valence-corrected chi connectivity index (χ1v) is 5.19. The van der Waals surface area contributed by atoms with Gasteiger partial charge in [-0.3, -0.25) is 0 Å². The minimum Gasteiger partial charge on any atom is -0.392 e. The van der Waals surface area contributed by atoms with E-state index in [0.29, 0.717) is 6.10 Å². The van der Waals surface area contributed by atoms with Crippen LogP contribution in [-0.4, -0.2) is 11.8 Å². The lowest BCUT2D eigenvalue weighted by molar-refractivity contribution is 0.0772. The van der Waals surface area contributed by atoms with E-state index in [1.807, 2.05) is 6.08 Å². The van der Waals surface area contributed by atoms with Gasteiger partial charge in [0.2, 0.25) is 0 Å². The van der Waals surface area contributed by atoms with Gasteiger partial charge in [0.25, 0.3) is 0 Å². The molecule has 0 radical (unpaired) electrons. The highest BCUT2D eigenvalue weighted by Crippen LogP contribution is 2.18. The van der Waals surface area contributed by atoms with Crippen LogP contribution < -0.4 is 0 Å². The van der Waals surface area contributed by atoms with Crippen LogP contribution in [0.2, 0.25) is 0 Å². The van der Waals surface area contributed by atoms with E-state index in [4.69, 9.17) is 4.84 Å². The summed E-state index contributed by atoms with van der Waals surface area (Å²) in [7, 11) is 0. The Morgan fingerprint density at radius 2 is 2.46 bits per heavy atom. The van der Waals surface area contributed by atoms with E-state index in [2.05, 4.69) is 18.7 Å². The van der Waals surface area contributed by atoms with E-state index in [-0.39, 0.29) is 0 Å². The van der Waals surface area contributed by atoms with Crippen molar-refractivity contribution in [1.29, 1.82) is 0 Å². The van der Waals surface area contributed by atoms with Crippen molar-refractivity contribution in [2.75, 3.05) is 0 Å². The average molecular weight is 181 g/mol. The third-order valence-corrected chi connectivity index (χ3v) is 2.39. The molecular weight excluding hydrogens is 162 g/mol. The summed E-state index contributed by atoms with van der Waals surface area (Å²) in [6.07, 6.45) is 9.13. The van der Waals surface area contributed by atoms with Crippen LogP contribution in [0.25, 0.3) is 0 Å². The van der Waals surface area contributed by atoms with Gasteiger partial charge in [0.15, 0.2) is 0 Å². The van der Waals surface area contributed by atoms with Crippen LogP contribution in [0, 0.1) is 0 Å².